The molecule has 0 radical (unpaired) electrons. The Kier molecular flexibility index (Phi) is 10.8. The lowest BCUT2D eigenvalue weighted by Crippen LogP contribution is -2.19. The summed E-state index contributed by atoms with van der Waals surface area (Å²) in [6.07, 6.45) is 8.75. The summed E-state index contributed by atoms with van der Waals surface area (Å²) in [6.45, 7) is 0.623. The van der Waals surface area contributed by atoms with Crippen LogP contribution in [0.2, 0.25) is 0 Å². The molecule has 4 atom stereocenters. The van der Waals surface area contributed by atoms with E-state index in [2.05, 4.69) is 9.89 Å². The molecule has 0 aromatic carbocycles. The van der Waals surface area contributed by atoms with Crippen molar-refractivity contribution in [1.82, 2.24) is 0 Å². The van der Waals surface area contributed by atoms with Crippen molar-refractivity contribution in [3.05, 3.63) is 46.7 Å². The van der Waals surface area contributed by atoms with E-state index in [9.17, 15) is 20.2 Å². The Morgan fingerprint density at radius 2 is 2.27 bits per heavy atom. The van der Waals surface area contributed by atoms with Crippen molar-refractivity contribution in [1.29, 1.82) is 0 Å². The number of oxime groups is 1. The molecule has 1 aromatic heterocycles. The highest BCUT2D eigenvalue weighted by molar-refractivity contribution is 7.09. The van der Waals surface area contributed by atoms with E-state index in [4.69, 9.17) is 4.74 Å². The number of hydrogen-bond acceptors (Lipinski definition) is 8. The number of allylic oxidation sites excluding steroid dienone is 3. The van der Waals surface area contributed by atoms with E-state index in [0.717, 1.165) is 11.3 Å². The highest BCUT2D eigenvalue weighted by Crippen LogP contribution is 2.34. The van der Waals surface area contributed by atoms with Gasteiger partial charge < -0.3 is 24.9 Å². The number of thiophene rings is 1. The lowest BCUT2D eigenvalue weighted by Gasteiger charge is -2.18. The van der Waals surface area contributed by atoms with E-state index in [1.54, 1.807) is 23.5 Å². The van der Waals surface area contributed by atoms with Crippen molar-refractivity contribution in [2.75, 3.05) is 13.7 Å². The van der Waals surface area contributed by atoms with Gasteiger partial charge in [-0.2, -0.15) is 0 Å². The maximum absolute atomic E-state index is 11.1. The number of rotatable bonds is 12. The number of aliphatic hydroxyl groups is 2. The number of carbonyl (C=O) groups is 1. The fraction of sp³-hybridized carbons (Fsp3) is 0.545. The average molecular weight is 438 g/mol. The minimum atomic E-state index is -0.780. The molecule has 0 aliphatic heterocycles. The fourth-order valence-electron chi connectivity index (χ4n) is 3.47. The number of ether oxygens (including phenoxy) is 2. The highest BCUT2D eigenvalue weighted by atomic mass is 32.1. The smallest absolute Gasteiger partial charge is 0.305 e. The van der Waals surface area contributed by atoms with Gasteiger partial charge in [-0.05, 0) is 30.7 Å². The average Bonchev–Trinajstić information content (AvgIpc) is 3.36. The zero-order valence-electron chi connectivity index (χ0n) is 17.2. The molecule has 1 aromatic rings. The number of esters is 1. The van der Waals surface area contributed by atoms with Crippen LogP contribution in [0.3, 0.4) is 0 Å². The van der Waals surface area contributed by atoms with Gasteiger partial charge in [0, 0.05) is 29.6 Å². The fourth-order valence-corrected chi connectivity index (χ4v) is 4.11. The van der Waals surface area contributed by atoms with Crippen LogP contribution in [0.4, 0.5) is 0 Å². The van der Waals surface area contributed by atoms with E-state index >= 15 is 0 Å². The van der Waals surface area contributed by atoms with E-state index in [-0.39, 0.29) is 24.4 Å². The van der Waals surface area contributed by atoms with Crippen LogP contribution in [0.1, 0.15) is 37.0 Å². The lowest BCUT2D eigenvalue weighted by atomic mass is 9.90. The molecule has 0 unspecified atom stereocenters. The zero-order valence-corrected chi connectivity index (χ0v) is 18.0. The summed E-state index contributed by atoms with van der Waals surface area (Å²) in [7, 11) is 1.38. The minimum absolute atomic E-state index is 0.136. The molecule has 0 saturated heterocycles. The molecule has 7 nitrogen and oxygen atoms in total. The molecule has 0 spiro atoms. The molecule has 8 heteroatoms. The number of hydrogen-bond donors (Lipinski definition) is 3. The second-order valence-corrected chi connectivity index (χ2v) is 8.31. The Morgan fingerprint density at radius 3 is 2.97 bits per heavy atom. The van der Waals surface area contributed by atoms with Crippen LogP contribution in [0.5, 0.6) is 0 Å². The summed E-state index contributed by atoms with van der Waals surface area (Å²) in [5.41, 5.74) is 0.509. The first-order valence-electron chi connectivity index (χ1n) is 10.1. The van der Waals surface area contributed by atoms with Gasteiger partial charge in [-0.3, -0.25) is 4.79 Å². The van der Waals surface area contributed by atoms with Gasteiger partial charge in [-0.15, -0.1) is 11.3 Å². The lowest BCUT2D eigenvalue weighted by molar-refractivity contribution is -0.140. The molecule has 0 bridgehead atoms. The molecule has 3 N–H and O–H groups in total. The number of methoxy groups -OCH3 is 1. The van der Waals surface area contributed by atoms with Crippen LogP contribution in [-0.4, -0.2) is 53.0 Å². The van der Waals surface area contributed by atoms with Crippen molar-refractivity contribution in [2.24, 2.45) is 17.0 Å². The van der Waals surface area contributed by atoms with Crippen LogP contribution in [0, 0.1) is 11.8 Å². The number of carbonyl (C=O) groups excluding carboxylic acids is 1. The predicted octanol–water partition coefficient (Wildman–Crippen LogP) is 3.30. The van der Waals surface area contributed by atoms with E-state index in [0.29, 0.717) is 38.0 Å². The van der Waals surface area contributed by atoms with E-state index < -0.39 is 12.2 Å². The topological polar surface area (TPSA) is 109 Å². The summed E-state index contributed by atoms with van der Waals surface area (Å²) >= 11 is 1.60. The second kappa shape index (κ2) is 13.3. The van der Waals surface area contributed by atoms with Gasteiger partial charge in [0.15, 0.2) is 0 Å². The van der Waals surface area contributed by atoms with Crippen LogP contribution in [0.25, 0.3) is 0 Å². The van der Waals surface area contributed by atoms with Gasteiger partial charge in [-0.25, -0.2) is 0 Å². The summed E-state index contributed by atoms with van der Waals surface area (Å²) < 4.78 is 10.1. The number of nitrogens with zero attached hydrogens (tertiary/aromatic N) is 1. The minimum Gasteiger partial charge on any atom is -0.469 e. The molecule has 166 valence electrons. The van der Waals surface area contributed by atoms with Crippen LogP contribution in [0.15, 0.2) is 47.0 Å². The maximum atomic E-state index is 11.1. The summed E-state index contributed by atoms with van der Waals surface area (Å²) in [5, 5.41) is 35.2. The standard InChI is InChI=1S/C22H31NO6S/c1-28-22(26)9-5-3-2-4-8-19-18(20(23-27)13-21(19)25)11-10-16(24)14-29-15-17-7-6-12-30-17/h2,4,6-7,10-12,16,18-19,21,24-25,27H,3,5,8-9,13-15H2,1H3/b4-2+,11-10+,23-20-/t16-,18-,19-,21+/m1/s1. The molecule has 1 fully saturated rings. The largest absolute Gasteiger partial charge is 0.469 e. The van der Waals surface area contributed by atoms with Crippen LogP contribution in [-0.2, 0) is 20.9 Å². The third-order valence-corrected chi connectivity index (χ3v) is 5.94. The molecule has 0 amide bonds. The van der Waals surface area contributed by atoms with Crippen LogP contribution < -0.4 is 0 Å². The molecule has 30 heavy (non-hydrogen) atoms. The summed E-state index contributed by atoms with van der Waals surface area (Å²) in [6, 6.07) is 3.93. The SMILES string of the molecule is COC(=O)CCC/C=C/C[C@H]1[C@@H](O)C/C(=N/O)[C@@H]1/C=C/[C@@H](O)COCc1cccs1. The van der Waals surface area contributed by atoms with Gasteiger partial charge in [0.25, 0.3) is 0 Å². The molecule has 2 rings (SSSR count). The predicted molar refractivity (Wildman–Crippen MR) is 116 cm³/mol. The monoisotopic (exact) mass is 437 g/mol. The van der Waals surface area contributed by atoms with Crippen LogP contribution >= 0.6 is 11.3 Å². The Balaban J connectivity index is 1.82. The third-order valence-electron chi connectivity index (χ3n) is 5.09. The molecule has 1 aliphatic carbocycles. The molecule has 1 saturated carbocycles. The molecule has 1 aliphatic rings. The first-order valence-corrected chi connectivity index (χ1v) is 11.0. The van der Waals surface area contributed by atoms with Gasteiger partial charge in [-0.1, -0.05) is 35.5 Å². The first kappa shape index (κ1) is 24.3. The molecular weight excluding hydrogens is 406 g/mol. The third kappa shape index (κ3) is 8.02. The number of unbranched alkanes of at least 4 members (excludes halogenated alkanes) is 1. The van der Waals surface area contributed by atoms with E-state index in [1.807, 2.05) is 29.7 Å². The number of aliphatic hydroxyl groups excluding tert-OH is 2. The highest BCUT2D eigenvalue weighted by Gasteiger charge is 2.38. The second-order valence-electron chi connectivity index (χ2n) is 7.27. The zero-order chi connectivity index (χ0) is 21.8. The molecule has 1 heterocycles. The van der Waals surface area contributed by atoms with Crippen molar-refractivity contribution >= 4 is 23.0 Å². The van der Waals surface area contributed by atoms with Gasteiger partial charge in [0.2, 0.25) is 0 Å². The first-order chi connectivity index (χ1) is 14.5. The normalized spacial score (nSPS) is 24.2. The van der Waals surface area contributed by atoms with Crippen molar-refractivity contribution in [3.63, 3.8) is 0 Å². The molecular formula is C22H31NO6S. The Bertz CT molecular complexity index is 715. The summed E-state index contributed by atoms with van der Waals surface area (Å²) in [4.78, 5) is 12.2. The van der Waals surface area contributed by atoms with E-state index in [1.165, 1.54) is 7.11 Å². The van der Waals surface area contributed by atoms with Gasteiger partial charge >= 0.3 is 5.97 Å². The van der Waals surface area contributed by atoms with Gasteiger partial charge in [0.1, 0.15) is 0 Å². The van der Waals surface area contributed by atoms with Crippen molar-refractivity contribution in [3.8, 4) is 0 Å². The van der Waals surface area contributed by atoms with Gasteiger partial charge in [0.05, 0.1) is 38.2 Å². The Hall–Kier alpha value is -2.00. The maximum Gasteiger partial charge on any atom is 0.305 e. The Labute approximate surface area is 181 Å². The van der Waals surface area contributed by atoms with Crippen molar-refractivity contribution < 1.29 is 29.7 Å². The van der Waals surface area contributed by atoms with Crippen molar-refractivity contribution in [2.45, 2.75) is 50.9 Å². The Morgan fingerprint density at radius 1 is 1.43 bits per heavy atom. The quantitative estimate of drug-likeness (QED) is 0.152. The summed E-state index contributed by atoms with van der Waals surface area (Å²) in [5.74, 6) is -0.610.